The van der Waals surface area contributed by atoms with Gasteiger partial charge in [-0.25, -0.2) is 4.98 Å². The quantitative estimate of drug-likeness (QED) is 0.650. The summed E-state index contributed by atoms with van der Waals surface area (Å²) in [7, 11) is 0. The van der Waals surface area contributed by atoms with E-state index in [4.69, 9.17) is 5.11 Å². The SMILES string of the molecule is CC1CCCC(n2c(C(C)C)cnc2SCC(=O)O)CC1. The van der Waals surface area contributed by atoms with E-state index in [-0.39, 0.29) is 5.75 Å². The average Bonchev–Trinajstić information content (AvgIpc) is 2.73. The van der Waals surface area contributed by atoms with Gasteiger partial charge in [0.2, 0.25) is 0 Å². The van der Waals surface area contributed by atoms with Gasteiger partial charge in [-0.15, -0.1) is 0 Å². The molecule has 2 unspecified atom stereocenters. The minimum absolute atomic E-state index is 0.0810. The van der Waals surface area contributed by atoms with Crippen LogP contribution in [0.25, 0.3) is 0 Å². The molecule has 21 heavy (non-hydrogen) atoms. The number of hydrogen-bond acceptors (Lipinski definition) is 3. The number of thioether (sulfide) groups is 1. The first-order valence-electron chi connectivity index (χ1n) is 7.90. The van der Waals surface area contributed by atoms with Crippen molar-refractivity contribution < 1.29 is 9.90 Å². The Labute approximate surface area is 131 Å². The van der Waals surface area contributed by atoms with Crippen molar-refractivity contribution in [2.45, 2.75) is 70.0 Å². The van der Waals surface area contributed by atoms with Gasteiger partial charge in [0.15, 0.2) is 5.16 Å². The van der Waals surface area contributed by atoms with Gasteiger partial charge in [-0.1, -0.05) is 45.4 Å². The summed E-state index contributed by atoms with van der Waals surface area (Å²) >= 11 is 1.35. The lowest BCUT2D eigenvalue weighted by Crippen LogP contribution is -2.14. The Balaban J connectivity index is 2.24. The molecule has 1 N–H and O–H groups in total. The van der Waals surface area contributed by atoms with Gasteiger partial charge in [-0.3, -0.25) is 4.79 Å². The Morgan fingerprint density at radius 1 is 1.43 bits per heavy atom. The smallest absolute Gasteiger partial charge is 0.313 e. The summed E-state index contributed by atoms with van der Waals surface area (Å²) in [5, 5.41) is 9.79. The zero-order valence-corrected chi connectivity index (χ0v) is 14.0. The highest BCUT2D eigenvalue weighted by Crippen LogP contribution is 2.36. The van der Waals surface area contributed by atoms with Gasteiger partial charge >= 0.3 is 5.97 Å². The number of carbonyl (C=O) groups is 1. The molecule has 5 heteroatoms. The third-order valence-electron chi connectivity index (χ3n) is 4.30. The molecule has 0 radical (unpaired) electrons. The third-order valence-corrected chi connectivity index (χ3v) is 5.25. The fourth-order valence-electron chi connectivity index (χ4n) is 3.11. The lowest BCUT2D eigenvalue weighted by atomic mass is 10.0. The van der Waals surface area contributed by atoms with Crippen LogP contribution < -0.4 is 0 Å². The summed E-state index contributed by atoms with van der Waals surface area (Å²) < 4.78 is 2.33. The molecular weight excluding hydrogens is 284 g/mol. The van der Waals surface area contributed by atoms with Gasteiger partial charge < -0.3 is 9.67 Å². The van der Waals surface area contributed by atoms with Gasteiger partial charge in [-0.05, 0) is 31.1 Å². The molecule has 0 saturated heterocycles. The highest BCUT2D eigenvalue weighted by atomic mass is 32.2. The van der Waals surface area contributed by atoms with Crippen LogP contribution in [0.1, 0.15) is 70.5 Å². The summed E-state index contributed by atoms with van der Waals surface area (Å²) in [4.78, 5) is 15.3. The van der Waals surface area contributed by atoms with Crippen LogP contribution in [0.3, 0.4) is 0 Å². The maximum atomic E-state index is 10.8. The van der Waals surface area contributed by atoms with Crippen molar-refractivity contribution in [1.29, 1.82) is 0 Å². The molecule has 1 aromatic heterocycles. The van der Waals surface area contributed by atoms with Crippen LogP contribution in [0.5, 0.6) is 0 Å². The number of carboxylic acids is 1. The molecular formula is C16H26N2O2S. The van der Waals surface area contributed by atoms with Crippen LogP contribution in [-0.4, -0.2) is 26.4 Å². The lowest BCUT2D eigenvalue weighted by molar-refractivity contribution is -0.133. The van der Waals surface area contributed by atoms with Gasteiger partial charge in [0.25, 0.3) is 0 Å². The Morgan fingerprint density at radius 2 is 2.19 bits per heavy atom. The van der Waals surface area contributed by atoms with Crippen LogP contribution in [0.15, 0.2) is 11.4 Å². The average molecular weight is 310 g/mol. The number of carboxylic acid groups (broad SMARTS) is 1. The fraction of sp³-hybridized carbons (Fsp3) is 0.750. The van der Waals surface area contributed by atoms with Crippen molar-refractivity contribution in [2.75, 3.05) is 5.75 Å². The van der Waals surface area contributed by atoms with E-state index in [9.17, 15) is 4.79 Å². The molecule has 0 aromatic carbocycles. The highest BCUT2D eigenvalue weighted by molar-refractivity contribution is 7.99. The molecule has 1 aromatic rings. The van der Waals surface area contributed by atoms with Crippen LogP contribution >= 0.6 is 11.8 Å². The van der Waals surface area contributed by atoms with Gasteiger partial charge in [0, 0.05) is 17.9 Å². The molecule has 0 spiro atoms. The fourth-order valence-corrected chi connectivity index (χ4v) is 3.88. The topological polar surface area (TPSA) is 55.1 Å². The Bertz CT molecular complexity index is 485. The minimum Gasteiger partial charge on any atom is -0.481 e. The van der Waals surface area contributed by atoms with Crippen LogP contribution in [0.2, 0.25) is 0 Å². The Hall–Kier alpha value is -0.970. The highest BCUT2D eigenvalue weighted by Gasteiger charge is 2.24. The third kappa shape index (κ3) is 4.25. The van der Waals surface area contributed by atoms with Gasteiger partial charge in [0.1, 0.15) is 0 Å². The predicted molar refractivity (Wildman–Crippen MR) is 86.0 cm³/mol. The summed E-state index contributed by atoms with van der Waals surface area (Å²) in [5.41, 5.74) is 1.24. The first-order chi connectivity index (χ1) is 9.99. The van der Waals surface area contributed by atoms with E-state index in [1.165, 1.54) is 49.6 Å². The van der Waals surface area contributed by atoms with Crippen molar-refractivity contribution in [3.63, 3.8) is 0 Å². The number of rotatable bonds is 5. The van der Waals surface area contributed by atoms with Crippen LogP contribution in [-0.2, 0) is 4.79 Å². The number of hydrogen-bond donors (Lipinski definition) is 1. The van der Waals surface area contributed by atoms with E-state index in [2.05, 4.69) is 30.3 Å². The molecule has 0 bridgehead atoms. The molecule has 1 aliphatic carbocycles. The first-order valence-corrected chi connectivity index (χ1v) is 8.89. The zero-order chi connectivity index (χ0) is 15.4. The molecule has 2 atom stereocenters. The lowest BCUT2D eigenvalue weighted by Gasteiger charge is -2.23. The zero-order valence-electron chi connectivity index (χ0n) is 13.2. The van der Waals surface area contributed by atoms with Gasteiger partial charge in [0.05, 0.1) is 5.75 Å². The largest absolute Gasteiger partial charge is 0.481 e. The van der Waals surface area contributed by atoms with Crippen LogP contribution in [0, 0.1) is 5.92 Å². The normalized spacial score (nSPS) is 23.2. The predicted octanol–water partition coefficient (Wildman–Crippen LogP) is 4.32. The summed E-state index contributed by atoms with van der Waals surface area (Å²) in [5.74, 6) is 0.515. The van der Waals surface area contributed by atoms with Crippen molar-refractivity contribution in [3.8, 4) is 0 Å². The number of nitrogens with zero attached hydrogens (tertiary/aromatic N) is 2. The molecule has 1 fully saturated rings. The van der Waals surface area contributed by atoms with Gasteiger partial charge in [-0.2, -0.15) is 0 Å². The Morgan fingerprint density at radius 3 is 2.86 bits per heavy atom. The number of aliphatic carboxylic acids is 1. The number of aromatic nitrogens is 2. The minimum atomic E-state index is -0.782. The van der Waals surface area contributed by atoms with Crippen molar-refractivity contribution in [3.05, 3.63) is 11.9 Å². The Kier molecular flexibility index (Phi) is 5.73. The van der Waals surface area contributed by atoms with E-state index >= 15 is 0 Å². The van der Waals surface area contributed by atoms with E-state index in [0.29, 0.717) is 12.0 Å². The van der Waals surface area contributed by atoms with Crippen molar-refractivity contribution in [1.82, 2.24) is 9.55 Å². The van der Waals surface area contributed by atoms with E-state index in [1.807, 2.05) is 6.20 Å². The maximum Gasteiger partial charge on any atom is 0.313 e. The second-order valence-electron chi connectivity index (χ2n) is 6.44. The molecule has 0 aliphatic heterocycles. The second-order valence-corrected chi connectivity index (χ2v) is 7.38. The van der Waals surface area contributed by atoms with E-state index in [0.717, 1.165) is 11.1 Å². The second kappa shape index (κ2) is 7.34. The van der Waals surface area contributed by atoms with Crippen molar-refractivity contribution in [2.24, 2.45) is 5.92 Å². The van der Waals surface area contributed by atoms with Crippen LogP contribution in [0.4, 0.5) is 0 Å². The monoisotopic (exact) mass is 310 g/mol. The molecule has 1 aliphatic rings. The summed E-state index contributed by atoms with van der Waals surface area (Å²) in [6, 6.07) is 0.478. The summed E-state index contributed by atoms with van der Waals surface area (Å²) in [6.07, 6.45) is 8.11. The molecule has 2 rings (SSSR count). The standard InChI is InChI=1S/C16H26N2O2S/c1-11(2)14-9-17-16(21-10-15(19)20)18(14)13-6-4-5-12(3)7-8-13/h9,11-13H,4-8,10H2,1-3H3,(H,19,20). The van der Waals surface area contributed by atoms with E-state index < -0.39 is 5.97 Å². The number of imidazole rings is 1. The van der Waals surface area contributed by atoms with Crippen molar-refractivity contribution >= 4 is 17.7 Å². The molecule has 4 nitrogen and oxygen atoms in total. The molecule has 118 valence electrons. The van der Waals surface area contributed by atoms with E-state index in [1.54, 1.807) is 0 Å². The first kappa shape index (κ1) is 16.4. The molecule has 0 amide bonds. The molecule has 1 heterocycles. The maximum absolute atomic E-state index is 10.8. The molecule has 1 saturated carbocycles. The summed E-state index contributed by atoms with van der Waals surface area (Å²) in [6.45, 7) is 6.69.